The van der Waals surface area contributed by atoms with Crippen LogP contribution in [0.2, 0.25) is 0 Å². The number of rotatable bonds is 5. The van der Waals surface area contributed by atoms with Crippen LogP contribution in [0.3, 0.4) is 0 Å². The van der Waals surface area contributed by atoms with Crippen molar-refractivity contribution in [1.29, 1.82) is 0 Å². The Balaban J connectivity index is 2.46. The minimum absolute atomic E-state index is 0.0637. The van der Waals surface area contributed by atoms with Crippen molar-refractivity contribution in [3.05, 3.63) is 23.7 Å². The van der Waals surface area contributed by atoms with Gasteiger partial charge in [0.2, 0.25) is 5.91 Å². The molecular formula is C9H12N2O4. The second-order valence-electron chi connectivity index (χ2n) is 2.86. The third-order valence-corrected chi connectivity index (χ3v) is 1.67. The maximum absolute atomic E-state index is 11.0. The van der Waals surface area contributed by atoms with Gasteiger partial charge in [-0.15, -0.1) is 0 Å². The number of methoxy groups -OCH3 is 1. The molecule has 1 rings (SSSR count). The average molecular weight is 212 g/mol. The standard InChI is InChI=1S/C9H12N2O4/c1-14-9(13)6-2-7(15-5-6)3-11-4-8(10)12/h2,5,11H,3-4H2,1H3,(H2,10,12). The van der Waals surface area contributed by atoms with E-state index in [0.717, 1.165) is 0 Å². The van der Waals surface area contributed by atoms with Crippen molar-refractivity contribution >= 4 is 11.9 Å². The quantitative estimate of drug-likeness (QED) is 0.650. The van der Waals surface area contributed by atoms with Crippen LogP contribution in [0.25, 0.3) is 0 Å². The molecule has 1 aromatic rings. The minimum Gasteiger partial charge on any atom is -0.467 e. The van der Waals surface area contributed by atoms with Crippen LogP contribution in [0.4, 0.5) is 0 Å². The molecule has 3 N–H and O–H groups in total. The predicted octanol–water partition coefficient (Wildman–Crippen LogP) is -0.359. The molecule has 82 valence electrons. The number of furan rings is 1. The third-order valence-electron chi connectivity index (χ3n) is 1.67. The fraction of sp³-hybridized carbons (Fsp3) is 0.333. The zero-order valence-electron chi connectivity index (χ0n) is 8.28. The summed E-state index contributed by atoms with van der Waals surface area (Å²) in [5, 5.41) is 2.75. The highest BCUT2D eigenvalue weighted by Gasteiger charge is 2.09. The van der Waals surface area contributed by atoms with E-state index in [4.69, 9.17) is 10.2 Å². The maximum atomic E-state index is 11.0. The number of ether oxygens (including phenoxy) is 1. The Hall–Kier alpha value is -1.82. The number of esters is 1. The minimum atomic E-state index is -0.458. The molecule has 0 bridgehead atoms. The van der Waals surface area contributed by atoms with E-state index in [1.54, 1.807) is 6.07 Å². The van der Waals surface area contributed by atoms with Crippen LogP contribution in [-0.2, 0) is 16.1 Å². The van der Waals surface area contributed by atoms with Gasteiger partial charge in [-0.2, -0.15) is 0 Å². The first-order chi connectivity index (χ1) is 7.13. The molecule has 0 aromatic carbocycles. The molecule has 0 saturated carbocycles. The summed E-state index contributed by atoms with van der Waals surface area (Å²) in [5.74, 6) is -0.369. The van der Waals surface area contributed by atoms with Gasteiger partial charge < -0.3 is 20.2 Å². The van der Waals surface area contributed by atoms with Gasteiger partial charge in [-0.25, -0.2) is 4.79 Å². The van der Waals surface area contributed by atoms with Crippen LogP contribution >= 0.6 is 0 Å². The summed E-state index contributed by atoms with van der Waals surface area (Å²) >= 11 is 0. The zero-order chi connectivity index (χ0) is 11.3. The molecule has 0 spiro atoms. The Morgan fingerprint density at radius 2 is 2.33 bits per heavy atom. The van der Waals surface area contributed by atoms with Crippen molar-refractivity contribution in [1.82, 2.24) is 5.32 Å². The lowest BCUT2D eigenvalue weighted by atomic mass is 10.3. The smallest absolute Gasteiger partial charge is 0.341 e. The summed E-state index contributed by atoms with van der Waals surface area (Å²) in [6, 6.07) is 1.54. The van der Waals surface area contributed by atoms with Gasteiger partial charge in [0, 0.05) is 0 Å². The first kappa shape index (κ1) is 11.3. The molecule has 0 fully saturated rings. The SMILES string of the molecule is COC(=O)c1coc(CNCC(N)=O)c1. The molecule has 0 aliphatic heterocycles. The highest BCUT2D eigenvalue weighted by atomic mass is 16.5. The number of carbonyl (C=O) groups is 2. The van der Waals surface area contributed by atoms with E-state index < -0.39 is 11.9 Å². The van der Waals surface area contributed by atoms with Gasteiger partial charge in [0.05, 0.1) is 25.8 Å². The Morgan fingerprint density at radius 1 is 1.60 bits per heavy atom. The van der Waals surface area contributed by atoms with Crippen LogP contribution in [0, 0.1) is 0 Å². The van der Waals surface area contributed by atoms with E-state index in [-0.39, 0.29) is 6.54 Å². The molecule has 6 nitrogen and oxygen atoms in total. The van der Waals surface area contributed by atoms with Crippen molar-refractivity contribution in [2.24, 2.45) is 5.73 Å². The van der Waals surface area contributed by atoms with E-state index in [1.165, 1.54) is 13.4 Å². The molecule has 6 heteroatoms. The number of primary amides is 1. The molecular weight excluding hydrogens is 200 g/mol. The predicted molar refractivity (Wildman–Crippen MR) is 50.9 cm³/mol. The van der Waals surface area contributed by atoms with Gasteiger partial charge in [0.1, 0.15) is 12.0 Å². The maximum Gasteiger partial charge on any atom is 0.341 e. The van der Waals surface area contributed by atoms with Crippen LogP contribution in [-0.4, -0.2) is 25.5 Å². The highest BCUT2D eigenvalue weighted by molar-refractivity contribution is 5.88. The molecule has 0 radical (unpaired) electrons. The molecule has 0 saturated heterocycles. The summed E-state index contributed by atoms with van der Waals surface area (Å²) < 4.78 is 9.55. The third kappa shape index (κ3) is 3.43. The van der Waals surface area contributed by atoms with Crippen molar-refractivity contribution < 1.29 is 18.7 Å². The molecule has 0 atom stereocenters. The van der Waals surface area contributed by atoms with Crippen LogP contribution in [0.1, 0.15) is 16.1 Å². The normalized spacial score (nSPS) is 9.93. The van der Waals surface area contributed by atoms with Crippen LogP contribution in [0.5, 0.6) is 0 Å². The number of amides is 1. The Morgan fingerprint density at radius 3 is 2.93 bits per heavy atom. The largest absolute Gasteiger partial charge is 0.467 e. The van der Waals surface area contributed by atoms with Gasteiger partial charge in [0.15, 0.2) is 0 Å². The van der Waals surface area contributed by atoms with Crippen LogP contribution in [0.15, 0.2) is 16.7 Å². The molecule has 1 heterocycles. The first-order valence-electron chi connectivity index (χ1n) is 4.28. The number of hydrogen-bond acceptors (Lipinski definition) is 5. The van der Waals surface area contributed by atoms with Crippen molar-refractivity contribution in [3.63, 3.8) is 0 Å². The summed E-state index contributed by atoms with van der Waals surface area (Å²) in [4.78, 5) is 21.4. The number of hydrogen-bond donors (Lipinski definition) is 2. The number of nitrogens with two attached hydrogens (primary N) is 1. The fourth-order valence-corrected chi connectivity index (χ4v) is 1.01. The summed E-state index contributed by atoms with van der Waals surface area (Å²) in [5.41, 5.74) is 5.27. The first-order valence-corrected chi connectivity index (χ1v) is 4.28. The van der Waals surface area contributed by atoms with Gasteiger partial charge >= 0.3 is 5.97 Å². The Bertz CT molecular complexity index is 359. The van der Waals surface area contributed by atoms with Gasteiger partial charge in [0.25, 0.3) is 0 Å². The van der Waals surface area contributed by atoms with Crippen molar-refractivity contribution in [2.75, 3.05) is 13.7 Å². The van der Waals surface area contributed by atoms with Gasteiger partial charge in [-0.05, 0) is 6.07 Å². The zero-order valence-corrected chi connectivity index (χ0v) is 8.28. The molecule has 0 aliphatic carbocycles. The van der Waals surface area contributed by atoms with Crippen molar-refractivity contribution in [2.45, 2.75) is 6.54 Å². The topological polar surface area (TPSA) is 94.6 Å². The Kier molecular flexibility index (Phi) is 3.87. The van der Waals surface area contributed by atoms with Gasteiger partial charge in [-0.1, -0.05) is 0 Å². The second-order valence-corrected chi connectivity index (χ2v) is 2.86. The van der Waals surface area contributed by atoms with Gasteiger partial charge in [-0.3, -0.25) is 4.79 Å². The monoisotopic (exact) mass is 212 g/mol. The lowest BCUT2D eigenvalue weighted by Crippen LogP contribution is -2.27. The number of nitrogens with one attached hydrogen (secondary N) is 1. The molecule has 1 aromatic heterocycles. The van der Waals surface area contributed by atoms with Crippen molar-refractivity contribution in [3.8, 4) is 0 Å². The summed E-state index contributed by atoms with van der Waals surface area (Å²) in [6.45, 7) is 0.397. The van der Waals surface area contributed by atoms with Crippen LogP contribution < -0.4 is 11.1 Å². The van der Waals surface area contributed by atoms with E-state index in [2.05, 4.69) is 10.1 Å². The van der Waals surface area contributed by atoms with E-state index in [9.17, 15) is 9.59 Å². The average Bonchev–Trinajstić information content (AvgIpc) is 2.65. The Labute approximate surface area is 86.4 Å². The molecule has 1 amide bonds. The fourth-order valence-electron chi connectivity index (χ4n) is 1.01. The second kappa shape index (κ2) is 5.16. The number of carbonyl (C=O) groups excluding carboxylic acids is 2. The lowest BCUT2D eigenvalue weighted by molar-refractivity contribution is -0.117. The molecule has 0 aliphatic rings. The van der Waals surface area contributed by atoms with E-state index in [1.807, 2.05) is 0 Å². The molecule has 0 unspecified atom stereocenters. The summed E-state index contributed by atoms with van der Waals surface area (Å²) in [6.07, 6.45) is 1.30. The van der Waals surface area contributed by atoms with E-state index >= 15 is 0 Å². The molecule has 15 heavy (non-hydrogen) atoms. The summed E-state index contributed by atoms with van der Waals surface area (Å²) in [7, 11) is 1.29. The van der Waals surface area contributed by atoms with E-state index in [0.29, 0.717) is 17.9 Å². The lowest BCUT2D eigenvalue weighted by Gasteiger charge is -1.97. The highest BCUT2D eigenvalue weighted by Crippen LogP contribution is 2.08.